The molecule has 2 N–H and O–H groups in total. The van der Waals surface area contributed by atoms with E-state index in [9.17, 15) is 8.78 Å². The van der Waals surface area contributed by atoms with Crippen LogP contribution in [-0.2, 0) is 11.3 Å². The van der Waals surface area contributed by atoms with E-state index in [0.717, 1.165) is 32.4 Å². The van der Waals surface area contributed by atoms with E-state index in [1.165, 1.54) is 12.5 Å². The number of methoxy groups -OCH3 is 1. The van der Waals surface area contributed by atoms with Crippen LogP contribution in [0.5, 0.6) is 17.2 Å². The van der Waals surface area contributed by atoms with Crippen LogP contribution in [0.3, 0.4) is 0 Å². The number of aliphatic imine (C=N–C) groups is 1. The number of hydrogen-bond donors (Lipinski definition) is 2. The number of nitrogens with zero attached hydrogens (tertiary/aromatic N) is 1. The number of ether oxygens (including phenoxy) is 4. The van der Waals surface area contributed by atoms with E-state index < -0.39 is 6.61 Å². The Bertz CT molecular complexity index is 711. The second kappa shape index (κ2) is 9.96. The van der Waals surface area contributed by atoms with E-state index in [1.54, 1.807) is 13.2 Å². The lowest BCUT2D eigenvalue weighted by atomic mass is 9.67. The molecule has 1 fully saturated rings. The van der Waals surface area contributed by atoms with Gasteiger partial charge in [0.15, 0.2) is 17.5 Å². The number of guanidine groups is 1. The Morgan fingerprint density at radius 2 is 2.00 bits per heavy atom. The van der Waals surface area contributed by atoms with Crippen molar-refractivity contribution in [3.05, 3.63) is 17.7 Å². The second-order valence-corrected chi connectivity index (χ2v) is 7.34. The van der Waals surface area contributed by atoms with Crippen LogP contribution in [0.15, 0.2) is 17.1 Å². The van der Waals surface area contributed by atoms with Crippen molar-refractivity contribution < 1.29 is 27.7 Å². The summed E-state index contributed by atoms with van der Waals surface area (Å²) < 4.78 is 46.1. The fraction of sp³-hybridized carbons (Fsp3) is 0.650. The first-order valence-electron chi connectivity index (χ1n) is 9.94. The molecule has 0 radical (unpaired) electrons. The molecule has 0 saturated heterocycles. The van der Waals surface area contributed by atoms with Crippen molar-refractivity contribution in [1.82, 2.24) is 10.6 Å². The van der Waals surface area contributed by atoms with Gasteiger partial charge in [-0.05, 0) is 37.7 Å². The molecule has 3 rings (SSSR count). The average molecular weight is 413 g/mol. The second-order valence-electron chi connectivity index (χ2n) is 7.34. The van der Waals surface area contributed by atoms with Gasteiger partial charge in [-0.1, -0.05) is 6.42 Å². The summed E-state index contributed by atoms with van der Waals surface area (Å²) >= 11 is 0. The molecule has 1 heterocycles. The summed E-state index contributed by atoms with van der Waals surface area (Å²) in [5, 5.41) is 6.60. The molecule has 0 amide bonds. The normalized spacial score (nSPS) is 17.2. The fourth-order valence-electron chi connectivity index (χ4n) is 3.58. The summed E-state index contributed by atoms with van der Waals surface area (Å²) in [6.07, 6.45) is 4.56. The molecule has 1 aliphatic carbocycles. The SMILES string of the molecule is CCNC(=NCc1cc2c(cc1OC(F)F)OCO2)NCC1(CCOC)CCC1. The summed E-state index contributed by atoms with van der Waals surface area (Å²) in [6.45, 7) is 1.50. The van der Waals surface area contributed by atoms with Gasteiger partial charge in [-0.3, -0.25) is 0 Å². The highest BCUT2D eigenvalue weighted by molar-refractivity contribution is 5.79. The maximum absolute atomic E-state index is 12.8. The van der Waals surface area contributed by atoms with Crippen molar-refractivity contribution in [3.8, 4) is 17.2 Å². The number of rotatable bonds is 10. The summed E-state index contributed by atoms with van der Waals surface area (Å²) in [5.41, 5.74) is 0.735. The van der Waals surface area contributed by atoms with E-state index in [4.69, 9.17) is 14.2 Å². The maximum atomic E-state index is 12.8. The Morgan fingerprint density at radius 3 is 2.62 bits per heavy atom. The molecule has 1 aromatic carbocycles. The molecule has 0 aromatic heterocycles. The van der Waals surface area contributed by atoms with Crippen molar-refractivity contribution >= 4 is 5.96 Å². The molecule has 1 aliphatic heterocycles. The third-order valence-corrected chi connectivity index (χ3v) is 5.41. The smallest absolute Gasteiger partial charge is 0.387 e. The largest absolute Gasteiger partial charge is 0.454 e. The highest BCUT2D eigenvalue weighted by Crippen LogP contribution is 2.43. The highest BCUT2D eigenvalue weighted by atomic mass is 19.3. The highest BCUT2D eigenvalue weighted by Gasteiger charge is 2.36. The zero-order valence-electron chi connectivity index (χ0n) is 16.9. The first kappa shape index (κ1) is 21.4. The monoisotopic (exact) mass is 413 g/mol. The Balaban J connectivity index is 1.69. The van der Waals surface area contributed by atoms with Crippen molar-refractivity contribution in [2.24, 2.45) is 10.4 Å². The Kier molecular flexibility index (Phi) is 7.35. The molecule has 162 valence electrons. The third-order valence-electron chi connectivity index (χ3n) is 5.41. The Labute approximate surface area is 169 Å². The van der Waals surface area contributed by atoms with Gasteiger partial charge in [-0.25, -0.2) is 4.99 Å². The van der Waals surface area contributed by atoms with Gasteiger partial charge in [0.1, 0.15) is 5.75 Å². The summed E-state index contributed by atoms with van der Waals surface area (Å²) in [5.74, 6) is 1.57. The Morgan fingerprint density at radius 1 is 1.24 bits per heavy atom. The zero-order chi connectivity index (χ0) is 20.7. The third kappa shape index (κ3) is 5.62. The number of hydrogen-bond acceptors (Lipinski definition) is 5. The van der Waals surface area contributed by atoms with Gasteiger partial charge in [-0.2, -0.15) is 8.78 Å². The molecule has 7 nitrogen and oxygen atoms in total. The molecule has 1 aromatic rings. The van der Waals surface area contributed by atoms with E-state index in [2.05, 4.69) is 20.4 Å². The van der Waals surface area contributed by atoms with Crippen LogP contribution < -0.4 is 24.8 Å². The van der Waals surface area contributed by atoms with Gasteiger partial charge < -0.3 is 29.6 Å². The Hall–Kier alpha value is -2.29. The van der Waals surface area contributed by atoms with Crippen molar-refractivity contribution in [3.63, 3.8) is 0 Å². The number of fused-ring (bicyclic) bond motifs is 1. The first-order chi connectivity index (χ1) is 14.0. The molecule has 29 heavy (non-hydrogen) atoms. The molecular formula is C20H29F2N3O4. The van der Waals surface area contributed by atoms with Crippen LogP contribution in [0.25, 0.3) is 0 Å². The van der Waals surface area contributed by atoms with E-state index in [-0.39, 0.29) is 24.5 Å². The van der Waals surface area contributed by atoms with Gasteiger partial charge >= 0.3 is 6.61 Å². The molecule has 0 atom stereocenters. The lowest BCUT2D eigenvalue weighted by Gasteiger charge is -2.42. The number of nitrogens with one attached hydrogen (secondary N) is 2. The molecular weight excluding hydrogens is 384 g/mol. The predicted molar refractivity (Wildman–Crippen MR) is 105 cm³/mol. The number of alkyl halides is 2. The van der Waals surface area contributed by atoms with Crippen LogP contribution in [0, 0.1) is 5.41 Å². The van der Waals surface area contributed by atoms with E-state index in [1.807, 2.05) is 6.92 Å². The van der Waals surface area contributed by atoms with Crippen LogP contribution in [0.1, 0.15) is 38.2 Å². The van der Waals surface area contributed by atoms with Gasteiger partial charge in [0, 0.05) is 38.4 Å². The quantitative estimate of drug-likeness (QED) is 0.453. The molecule has 0 bridgehead atoms. The predicted octanol–water partition coefficient (Wildman–Crippen LogP) is 3.28. The topological polar surface area (TPSA) is 73.3 Å². The van der Waals surface area contributed by atoms with Gasteiger partial charge in [0.2, 0.25) is 6.79 Å². The molecule has 9 heteroatoms. The van der Waals surface area contributed by atoms with Crippen molar-refractivity contribution in [1.29, 1.82) is 0 Å². The zero-order valence-corrected chi connectivity index (χ0v) is 16.9. The minimum Gasteiger partial charge on any atom is -0.454 e. The molecule has 2 aliphatic rings. The van der Waals surface area contributed by atoms with Crippen LogP contribution >= 0.6 is 0 Å². The van der Waals surface area contributed by atoms with Gasteiger partial charge in [0.25, 0.3) is 0 Å². The number of benzene rings is 1. The van der Waals surface area contributed by atoms with Crippen LogP contribution in [0.4, 0.5) is 8.78 Å². The van der Waals surface area contributed by atoms with Crippen LogP contribution in [-0.4, -0.2) is 46.2 Å². The minimum absolute atomic E-state index is 0.0411. The summed E-state index contributed by atoms with van der Waals surface area (Å²) in [7, 11) is 1.72. The van der Waals surface area contributed by atoms with Gasteiger partial charge in [0.05, 0.1) is 6.54 Å². The lowest BCUT2D eigenvalue weighted by molar-refractivity contribution is -0.0505. The summed E-state index contributed by atoms with van der Waals surface area (Å²) in [4.78, 5) is 4.56. The molecule has 0 unspecified atom stereocenters. The van der Waals surface area contributed by atoms with E-state index in [0.29, 0.717) is 29.6 Å². The van der Waals surface area contributed by atoms with E-state index >= 15 is 0 Å². The molecule has 0 spiro atoms. The number of halogens is 2. The standard InChI is InChI=1S/C20H29F2N3O4/c1-3-23-19(25-12-20(5-4-6-20)7-8-26-2)24-11-14-9-16-17(28-13-27-16)10-15(14)29-18(21)22/h9-10,18H,3-8,11-13H2,1-2H3,(H2,23,24,25). The fourth-order valence-corrected chi connectivity index (χ4v) is 3.58. The van der Waals surface area contributed by atoms with Crippen molar-refractivity contribution in [2.45, 2.75) is 45.8 Å². The average Bonchev–Trinajstić information content (AvgIpc) is 3.11. The maximum Gasteiger partial charge on any atom is 0.387 e. The molecule has 1 saturated carbocycles. The first-order valence-corrected chi connectivity index (χ1v) is 9.94. The minimum atomic E-state index is -2.93. The van der Waals surface area contributed by atoms with Gasteiger partial charge in [-0.15, -0.1) is 0 Å². The lowest BCUT2D eigenvalue weighted by Crippen LogP contribution is -2.46. The summed E-state index contributed by atoms with van der Waals surface area (Å²) in [6, 6.07) is 3.06. The van der Waals surface area contributed by atoms with Crippen LogP contribution in [0.2, 0.25) is 0 Å². The van der Waals surface area contributed by atoms with Crippen molar-refractivity contribution in [2.75, 3.05) is 33.6 Å².